The second kappa shape index (κ2) is 9.12. The highest BCUT2D eigenvalue weighted by molar-refractivity contribution is 7.91. The molecule has 0 radical (unpaired) electrons. The van der Waals surface area contributed by atoms with Crippen molar-refractivity contribution in [3.8, 4) is 22.9 Å². The summed E-state index contributed by atoms with van der Waals surface area (Å²) in [5, 5.41) is 0. The van der Waals surface area contributed by atoms with Crippen LogP contribution in [0.1, 0.15) is 5.56 Å². The van der Waals surface area contributed by atoms with Crippen molar-refractivity contribution in [1.82, 2.24) is 19.9 Å². The molecule has 0 saturated heterocycles. The van der Waals surface area contributed by atoms with Crippen molar-refractivity contribution in [2.45, 2.75) is 5.75 Å². The maximum Gasteiger partial charge on any atom is 0.237 e. The van der Waals surface area contributed by atoms with Gasteiger partial charge in [0, 0.05) is 24.8 Å². The maximum absolute atomic E-state index is 14.7. The van der Waals surface area contributed by atoms with Crippen LogP contribution in [0.2, 0.25) is 0 Å². The molecule has 1 aromatic carbocycles. The van der Waals surface area contributed by atoms with E-state index < -0.39 is 38.8 Å². The molecule has 168 valence electrons. The Bertz CT molecular complexity index is 1400. The van der Waals surface area contributed by atoms with Gasteiger partial charge in [-0.05, 0) is 42.0 Å². The van der Waals surface area contributed by atoms with Crippen molar-refractivity contribution in [3.05, 3.63) is 84.4 Å². The lowest BCUT2D eigenvalue weighted by Gasteiger charge is -2.13. The Kier molecular flexibility index (Phi) is 6.09. The smallest absolute Gasteiger partial charge is 0.237 e. The van der Waals surface area contributed by atoms with E-state index in [1.165, 1.54) is 24.8 Å². The fraction of sp³-hybridized carbons (Fsp3) is 0.0476. The van der Waals surface area contributed by atoms with Gasteiger partial charge in [0.15, 0.2) is 11.6 Å². The molecule has 9 nitrogen and oxygen atoms in total. The second-order valence-electron chi connectivity index (χ2n) is 6.72. The number of aromatic nitrogens is 4. The molecule has 4 aromatic rings. The first-order valence-electron chi connectivity index (χ1n) is 9.41. The zero-order valence-electron chi connectivity index (χ0n) is 16.8. The number of nitrogens with two attached hydrogens (primary N) is 1. The lowest BCUT2D eigenvalue weighted by atomic mass is 10.2. The zero-order chi connectivity index (χ0) is 23.4. The second-order valence-corrected chi connectivity index (χ2v) is 8.44. The molecule has 3 aromatic heterocycles. The fourth-order valence-corrected chi connectivity index (χ4v) is 4.07. The van der Waals surface area contributed by atoms with Crippen molar-refractivity contribution in [2.75, 3.05) is 10.5 Å². The standard InChI is InChI=1S/C21H16F2N6O3S/c22-18-16(29-33(30,31)12-13-3-1-8-25-11-13)5-6-17(19(18)23)32-20-14(4-2-9-26-20)15-7-10-27-21(24)28-15/h1-11,29H,12H2,(H2,24,27,28). The van der Waals surface area contributed by atoms with Crippen LogP contribution in [0.5, 0.6) is 11.6 Å². The highest BCUT2D eigenvalue weighted by atomic mass is 32.2. The van der Waals surface area contributed by atoms with Gasteiger partial charge in [-0.3, -0.25) is 9.71 Å². The summed E-state index contributed by atoms with van der Waals surface area (Å²) in [6.07, 6.45) is 5.69. The first-order chi connectivity index (χ1) is 15.8. The van der Waals surface area contributed by atoms with Crippen LogP contribution < -0.4 is 15.2 Å². The van der Waals surface area contributed by atoms with Crippen molar-refractivity contribution >= 4 is 21.7 Å². The highest BCUT2D eigenvalue weighted by Gasteiger charge is 2.21. The number of hydrogen-bond acceptors (Lipinski definition) is 8. The van der Waals surface area contributed by atoms with Gasteiger partial charge in [0.05, 0.1) is 22.7 Å². The molecule has 0 aliphatic carbocycles. The van der Waals surface area contributed by atoms with E-state index in [4.69, 9.17) is 10.5 Å². The van der Waals surface area contributed by atoms with Crippen LogP contribution in [0.25, 0.3) is 11.3 Å². The van der Waals surface area contributed by atoms with E-state index in [1.54, 1.807) is 30.3 Å². The number of pyridine rings is 2. The average Bonchev–Trinajstić information content (AvgIpc) is 2.79. The molecule has 0 amide bonds. The third kappa shape index (κ3) is 5.18. The number of nitrogens with one attached hydrogen (secondary N) is 1. The predicted octanol–water partition coefficient (Wildman–Crippen LogP) is 3.53. The third-order valence-electron chi connectivity index (χ3n) is 4.32. The van der Waals surface area contributed by atoms with E-state index in [-0.39, 0.29) is 11.8 Å². The van der Waals surface area contributed by atoms with E-state index in [9.17, 15) is 17.2 Å². The molecule has 0 atom stereocenters. The summed E-state index contributed by atoms with van der Waals surface area (Å²) in [4.78, 5) is 15.8. The number of halogens is 2. The number of anilines is 2. The normalized spacial score (nSPS) is 11.2. The van der Waals surface area contributed by atoms with E-state index in [2.05, 4.69) is 19.9 Å². The monoisotopic (exact) mass is 470 g/mol. The predicted molar refractivity (Wildman–Crippen MR) is 117 cm³/mol. The van der Waals surface area contributed by atoms with Crippen LogP contribution in [0, 0.1) is 11.6 Å². The number of nitrogen functional groups attached to an aromatic ring is 1. The van der Waals surface area contributed by atoms with Crippen molar-refractivity contribution < 1.29 is 21.9 Å². The van der Waals surface area contributed by atoms with Gasteiger partial charge < -0.3 is 10.5 Å². The van der Waals surface area contributed by atoms with Crippen LogP contribution in [0.3, 0.4) is 0 Å². The molecular formula is C21H16F2N6O3S. The summed E-state index contributed by atoms with van der Waals surface area (Å²) in [6.45, 7) is 0. The maximum atomic E-state index is 14.7. The summed E-state index contributed by atoms with van der Waals surface area (Å²) in [5.74, 6) is -3.81. The zero-order valence-corrected chi connectivity index (χ0v) is 17.6. The molecule has 0 saturated carbocycles. The minimum absolute atomic E-state index is 0.0162. The molecule has 12 heteroatoms. The molecule has 0 aliphatic heterocycles. The summed E-state index contributed by atoms with van der Waals surface area (Å²) in [7, 11) is -4.02. The van der Waals surface area contributed by atoms with E-state index >= 15 is 0 Å². The van der Waals surface area contributed by atoms with Crippen LogP contribution in [0.4, 0.5) is 20.4 Å². The summed E-state index contributed by atoms with van der Waals surface area (Å²) >= 11 is 0. The lowest BCUT2D eigenvalue weighted by molar-refractivity contribution is 0.407. The van der Waals surface area contributed by atoms with Gasteiger partial charge >= 0.3 is 0 Å². The van der Waals surface area contributed by atoms with Gasteiger partial charge in [-0.2, -0.15) is 4.39 Å². The Morgan fingerprint density at radius 2 is 1.79 bits per heavy atom. The Balaban J connectivity index is 1.59. The average molecular weight is 470 g/mol. The molecule has 33 heavy (non-hydrogen) atoms. The molecule has 0 unspecified atom stereocenters. The third-order valence-corrected chi connectivity index (χ3v) is 5.56. The van der Waals surface area contributed by atoms with Crippen LogP contribution >= 0.6 is 0 Å². The quantitative estimate of drug-likeness (QED) is 0.419. The Morgan fingerprint density at radius 1 is 0.970 bits per heavy atom. The minimum Gasteiger partial charge on any atom is -0.435 e. The number of hydrogen-bond donors (Lipinski definition) is 2. The molecule has 0 spiro atoms. The number of benzene rings is 1. The highest BCUT2D eigenvalue weighted by Crippen LogP contribution is 2.34. The molecule has 3 heterocycles. The Labute approximate surface area is 187 Å². The fourth-order valence-electron chi connectivity index (χ4n) is 2.89. The largest absolute Gasteiger partial charge is 0.435 e. The van der Waals surface area contributed by atoms with Crippen LogP contribution in [-0.2, 0) is 15.8 Å². The van der Waals surface area contributed by atoms with Gasteiger partial charge in [0.25, 0.3) is 0 Å². The van der Waals surface area contributed by atoms with Crippen LogP contribution in [-0.4, -0.2) is 28.4 Å². The van der Waals surface area contributed by atoms with E-state index in [1.807, 2.05) is 4.72 Å². The van der Waals surface area contributed by atoms with Crippen molar-refractivity contribution in [3.63, 3.8) is 0 Å². The summed E-state index contributed by atoms with van der Waals surface area (Å²) in [6, 6.07) is 10.0. The number of nitrogens with zero attached hydrogens (tertiary/aromatic N) is 4. The number of sulfonamides is 1. The molecule has 3 N–H and O–H groups in total. The lowest BCUT2D eigenvalue weighted by Crippen LogP contribution is -2.16. The molecule has 0 fully saturated rings. The topological polar surface area (TPSA) is 133 Å². The van der Waals surface area contributed by atoms with Crippen molar-refractivity contribution in [2.24, 2.45) is 0 Å². The number of rotatable bonds is 7. The van der Waals surface area contributed by atoms with E-state index in [0.29, 0.717) is 16.8 Å². The van der Waals surface area contributed by atoms with Gasteiger partial charge in [-0.25, -0.2) is 27.8 Å². The van der Waals surface area contributed by atoms with Crippen LogP contribution in [0.15, 0.2) is 67.3 Å². The number of ether oxygens (including phenoxy) is 1. The molecule has 4 rings (SSSR count). The molecule has 0 bridgehead atoms. The first kappa shape index (κ1) is 22.0. The van der Waals surface area contributed by atoms with Crippen molar-refractivity contribution in [1.29, 1.82) is 0 Å². The van der Waals surface area contributed by atoms with Gasteiger partial charge in [-0.1, -0.05) is 6.07 Å². The van der Waals surface area contributed by atoms with Gasteiger partial charge in [0.1, 0.15) is 0 Å². The summed E-state index contributed by atoms with van der Waals surface area (Å²) in [5.41, 5.74) is 6.17. The Morgan fingerprint density at radius 3 is 2.55 bits per heavy atom. The Hall–Kier alpha value is -4.19. The molecule has 0 aliphatic rings. The van der Waals surface area contributed by atoms with Gasteiger partial charge in [0.2, 0.25) is 27.7 Å². The first-order valence-corrected chi connectivity index (χ1v) is 11.1. The van der Waals surface area contributed by atoms with E-state index in [0.717, 1.165) is 12.1 Å². The summed E-state index contributed by atoms with van der Waals surface area (Å²) < 4.78 is 61.6. The SMILES string of the molecule is Nc1nccc(-c2cccnc2Oc2ccc(NS(=O)(=O)Cc3cccnc3)c(F)c2F)n1. The van der Waals surface area contributed by atoms with Gasteiger partial charge in [-0.15, -0.1) is 0 Å². The molecular weight excluding hydrogens is 454 g/mol. The minimum atomic E-state index is -4.02.